The number of carbonyl (C=O) groups is 2. The van der Waals surface area contributed by atoms with Crippen molar-refractivity contribution in [3.05, 3.63) is 101 Å². The SMILES string of the molecule is CC(C)(C)c1cc(/C=N\NC(=O)C[C@@H](NC(=O)c2ccccc2)c2ccccc2)cc(C(C)(C)C)c1O. The number of aromatic hydroxyl groups is 1. The molecule has 0 fully saturated rings. The van der Waals surface area contributed by atoms with Crippen LogP contribution in [0.15, 0.2) is 77.9 Å². The predicted molar refractivity (Wildman–Crippen MR) is 149 cm³/mol. The van der Waals surface area contributed by atoms with Gasteiger partial charge in [0.25, 0.3) is 5.91 Å². The largest absolute Gasteiger partial charge is 0.507 e. The van der Waals surface area contributed by atoms with E-state index in [1.54, 1.807) is 30.5 Å². The molecule has 2 amide bonds. The van der Waals surface area contributed by atoms with Gasteiger partial charge in [-0.3, -0.25) is 9.59 Å². The van der Waals surface area contributed by atoms with Gasteiger partial charge in [-0.05, 0) is 46.2 Å². The zero-order valence-electron chi connectivity index (χ0n) is 22.5. The normalized spacial score (nSPS) is 12.8. The van der Waals surface area contributed by atoms with Crippen molar-refractivity contribution in [3.8, 4) is 5.75 Å². The fourth-order valence-electron chi connectivity index (χ4n) is 4.05. The molecule has 0 saturated carbocycles. The summed E-state index contributed by atoms with van der Waals surface area (Å²) < 4.78 is 0. The summed E-state index contributed by atoms with van der Waals surface area (Å²) in [7, 11) is 0. The molecule has 0 aliphatic heterocycles. The Hall–Kier alpha value is -3.93. The van der Waals surface area contributed by atoms with Crippen LogP contribution in [0.5, 0.6) is 5.75 Å². The molecule has 0 heterocycles. The summed E-state index contributed by atoms with van der Waals surface area (Å²) in [5.74, 6) is -0.287. The van der Waals surface area contributed by atoms with Gasteiger partial charge in [0.05, 0.1) is 18.7 Å². The van der Waals surface area contributed by atoms with E-state index in [2.05, 4.69) is 15.8 Å². The molecule has 0 aliphatic carbocycles. The average molecular weight is 500 g/mol. The van der Waals surface area contributed by atoms with E-state index in [0.717, 1.165) is 22.3 Å². The Balaban J connectivity index is 1.77. The van der Waals surface area contributed by atoms with E-state index < -0.39 is 6.04 Å². The quantitative estimate of drug-likeness (QED) is 0.275. The number of benzene rings is 3. The van der Waals surface area contributed by atoms with Crippen molar-refractivity contribution in [2.24, 2.45) is 5.10 Å². The molecule has 3 N–H and O–H groups in total. The van der Waals surface area contributed by atoms with Gasteiger partial charge >= 0.3 is 0 Å². The number of carbonyl (C=O) groups excluding carboxylic acids is 2. The lowest BCUT2D eigenvalue weighted by Crippen LogP contribution is -2.32. The lowest BCUT2D eigenvalue weighted by atomic mass is 9.78. The standard InChI is InChI=1S/C31H37N3O3/c1-30(2,3)24-17-21(18-25(28(24)36)31(4,5)6)20-32-34-27(35)19-26(22-13-9-7-10-14-22)33-29(37)23-15-11-8-12-16-23/h7-18,20,26,36H,19H2,1-6H3,(H,33,37)(H,34,35)/b32-20-/t26-/m1/s1. The minimum atomic E-state index is -0.516. The van der Waals surface area contributed by atoms with Gasteiger partial charge in [0.15, 0.2) is 0 Å². The first-order valence-electron chi connectivity index (χ1n) is 12.5. The number of nitrogens with zero attached hydrogens (tertiary/aromatic N) is 1. The average Bonchev–Trinajstić information content (AvgIpc) is 2.84. The molecule has 0 radical (unpaired) electrons. The van der Waals surface area contributed by atoms with Gasteiger partial charge in [-0.2, -0.15) is 5.10 Å². The van der Waals surface area contributed by atoms with E-state index in [1.807, 2.05) is 90.1 Å². The fourth-order valence-corrected chi connectivity index (χ4v) is 4.05. The van der Waals surface area contributed by atoms with E-state index in [4.69, 9.17) is 0 Å². The van der Waals surface area contributed by atoms with Crippen LogP contribution in [0.2, 0.25) is 0 Å². The Morgan fingerprint density at radius 2 is 1.38 bits per heavy atom. The molecule has 0 spiro atoms. The topological polar surface area (TPSA) is 90.8 Å². The van der Waals surface area contributed by atoms with Gasteiger partial charge in [-0.1, -0.05) is 90.1 Å². The number of phenols is 1. The summed E-state index contributed by atoms with van der Waals surface area (Å²) >= 11 is 0. The number of amides is 2. The fraction of sp³-hybridized carbons (Fsp3) is 0.323. The van der Waals surface area contributed by atoms with Crippen LogP contribution in [-0.4, -0.2) is 23.1 Å². The van der Waals surface area contributed by atoms with Crippen molar-refractivity contribution in [1.82, 2.24) is 10.7 Å². The zero-order valence-corrected chi connectivity index (χ0v) is 22.5. The van der Waals surface area contributed by atoms with Crippen molar-refractivity contribution >= 4 is 18.0 Å². The zero-order chi connectivity index (χ0) is 27.2. The lowest BCUT2D eigenvalue weighted by Gasteiger charge is -2.27. The second-order valence-electron chi connectivity index (χ2n) is 11.3. The molecule has 0 aromatic heterocycles. The maximum atomic E-state index is 12.8. The van der Waals surface area contributed by atoms with Crippen LogP contribution < -0.4 is 10.7 Å². The summed E-state index contributed by atoms with van der Waals surface area (Å²) in [6, 6.07) is 21.6. The number of hydrogen-bond acceptors (Lipinski definition) is 4. The molecular formula is C31H37N3O3. The second-order valence-corrected chi connectivity index (χ2v) is 11.3. The number of hydrogen-bond donors (Lipinski definition) is 3. The van der Waals surface area contributed by atoms with E-state index in [9.17, 15) is 14.7 Å². The van der Waals surface area contributed by atoms with Gasteiger partial charge in [0, 0.05) is 16.7 Å². The molecule has 6 nitrogen and oxygen atoms in total. The first kappa shape index (κ1) is 27.7. The summed E-state index contributed by atoms with van der Waals surface area (Å²) in [5.41, 5.74) is 5.83. The number of nitrogens with one attached hydrogen (secondary N) is 2. The van der Waals surface area contributed by atoms with Crippen LogP contribution in [0.25, 0.3) is 0 Å². The highest BCUT2D eigenvalue weighted by molar-refractivity contribution is 5.94. The third-order valence-electron chi connectivity index (χ3n) is 6.08. The van der Waals surface area contributed by atoms with E-state index >= 15 is 0 Å². The molecule has 3 aromatic carbocycles. The van der Waals surface area contributed by atoms with Crippen LogP contribution in [0, 0.1) is 0 Å². The number of rotatable bonds is 7. The third kappa shape index (κ3) is 7.53. The Morgan fingerprint density at radius 1 is 0.865 bits per heavy atom. The monoisotopic (exact) mass is 499 g/mol. The molecule has 0 aliphatic rings. The van der Waals surface area contributed by atoms with E-state index in [1.165, 1.54) is 0 Å². The van der Waals surface area contributed by atoms with E-state index in [0.29, 0.717) is 11.3 Å². The lowest BCUT2D eigenvalue weighted by molar-refractivity contribution is -0.121. The van der Waals surface area contributed by atoms with Crippen molar-refractivity contribution in [1.29, 1.82) is 0 Å². The van der Waals surface area contributed by atoms with Crippen molar-refractivity contribution in [3.63, 3.8) is 0 Å². The predicted octanol–water partition coefficient (Wildman–Crippen LogP) is 6.00. The number of phenolic OH excluding ortho intramolecular Hbond substituents is 1. The van der Waals surface area contributed by atoms with Crippen molar-refractivity contribution < 1.29 is 14.7 Å². The molecule has 3 aromatic rings. The van der Waals surface area contributed by atoms with Crippen LogP contribution >= 0.6 is 0 Å². The van der Waals surface area contributed by atoms with Crippen LogP contribution in [-0.2, 0) is 15.6 Å². The highest BCUT2D eigenvalue weighted by atomic mass is 16.3. The first-order chi connectivity index (χ1) is 17.4. The molecule has 0 bridgehead atoms. The summed E-state index contributed by atoms with van der Waals surface area (Å²) in [6.07, 6.45) is 1.61. The molecule has 1 atom stereocenters. The third-order valence-corrected chi connectivity index (χ3v) is 6.08. The number of hydrazone groups is 1. The Labute approximate surface area is 219 Å². The van der Waals surface area contributed by atoms with Gasteiger partial charge in [0.2, 0.25) is 5.91 Å². The Bertz CT molecular complexity index is 1220. The maximum Gasteiger partial charge on any atom is 0.251 e. The molecule has 6 heteroatoms. The highest BCUT2D eigenvalue weighted by Crippen LogP contribution is 2.39. The van der Waals surface area contributed by atoms with Crippen LogP contribution in [0.3, 0.4) is 0 Å². The summed E-state index contributed by atoms with van der Waals surface area (Å²) in [4.78, 5) is 25.6. The molecule has 0 saturated heterocycles. The van der Waals surface area contributed by atoms with E-state index in [-0.39, 0.29) is 29.1 Å². The summed E-state index contributed by atoms with van der Waals surface area (Å²) in [6.45, 7) is 12.3. The van der Waals surface area contributed by atoms with Crippen LogP contribution in [0.4, 0.5) is 0 Å². The first-order valence-corrected chi connectivity index (χ1v) is 12.5. The molecule has 37 heavy (non-hydrogen) atoms. The van der Waals surface area contributed by atoms with Gasteiger partial charge in [-0.15, -0.1) is 0 Å². The Kier molecular flexibility index (Phi) is 8.53. The van der Waals surface area contributed by atoms with Gasteiger partial charge in [0.1, 0.15) is 5.75 Å². The minimum Gasteiger partial charge on any atom is -0.507 e. The summed E-state index contributed by atoms with van der Waals surface area (Å²) in [5, 5.41) is 18.1. The van der Waals surface area contributed by atoms with Crippen LogP contribution in [0.1, 0.15) is 86.6 Å². The second kappa shape index (κ2) is 11.4. The molecule has 194 valence electrons. The highest BCUT2D eigenvalue weighted by Gasteiger charge is 2.26. The maximum absolute atomic E-state index is 12.8. The van der Waals surface area contributed by atoms with Crippen molar-refractivity contribution in [2.45, 2.75) is 64.8 Å². The smallest absolute Gasteiger partial charge is 0.251 e. The molecule has 0 unspecified atom stereocenters. The van der Waals surface area contributed by atoms with Gasteiger partial charge < -0.3 is 10.4 Å². The Morgan fingerprint density at radius 3 is 1.89 bits per heavy atom. The van der Waals surface area contributed by atoms with Gasteiger partial charge in [-0.25, -0.2) is 5.43 Å². The van der Waals surface area contributed by atoms with Crippen molar-refractivity contribution in [2.75, 3.05) is 0 Å². The molecule has 3 rings (SSSR count). The molecular weight excluding hydrogens is 462 g/mol. The minimum absolute atomic E-state index is 0.0238.